The molecule has 0 unspecified atom stereocenters. The number of piperazine rings is 1. The van der Waals surface area contributed by atoms with Crippen molar-refractivity contribution in [3.63, 3.8) is 0 Å². The maximum Gasteiger partial charge on any atom is 0.205 e. The summed E-state index contributed by atoms with van der Waals surface area (Å²) < 4.78 is 5.55. The fourth-order valence-electron chi connectivity index (χ4n) is 2.74. The lowest BCUT2D eigenvalue weighted by molar-refractivity contribution is 0.372. The van der Waals surface area contributed by atoms with E-state index in [9.17, 15) is 0 Å². The Labute approximate surface area is 196 Å². The molecule has 1 saturated heterocycles. The van der Waals surface area contributed by atoms with Crippen LogP contribution in [0.1, 0.15) is 26.1 Å². The zero-order chi connectivity index (χ0) is 18.9. The summed E-state index contributed by atoms with van der Waals surface area (Å²) in [6.45, 7) is 9.79. The van der Waals surface area contributed by atoms with E-state index in [-0.39, 0.29) is 24.0 Å². The number of rotatable bonds is 8. The van der Waals surface area contributed by atoms with Gasteiger partial charge in [0, 0.05) is 74.6 Å². The number of hydrogen-bond acceptors (Lipinski definition) is 8. The van der Waals surface area contributed by atoms with E-state index < -0.39 is 0 Å². The van der Waals surface area contributed by atoms with Crippen LogP contribution in [-0.2, 0) is 6.42 Å². The first-order chi connectivity index (χ1) is 13.3. The van der Waals surface area contributed by atoms with Crippen molar-refractivity contribution in [3.05, 3.63) is 17.4 Å². The fourth-order valence-corrected chi connectivity index (χ4v) is 5.18. The van der Waals surface area contributed by atoms with Crippen LogP contribution in [0.3, 0.4) is 0 Å². The van der Waals surface area contributed by atoms with Gasteiger partial charge in [0.25, 0.3) is 0 Å². The van der Waals surface area contributed by atoms with Crippen LogP contribution in [0.2, 0.25) is 0 Å². The number of aliphatic imine (C=N–C) groups is 1. The van der Waals surface area contributed by atoms with Crippen molar-refractivity contribution in [2.75, 3.05) is 49.9 Å². The van der Waals surface area contributed by atoms with Crippen molar-refractivity contribution in [2.24, 2.45) is 4.99 Å². The first kappa shape index (κ1) is 23.6. The second kappa shape index (κ2) is 12.8. The van der Waals surface area contributed by atoms with Crippen LogP contribution in [0.5, 0.6) is 0 Å². The molecule has 0 aliphatic carbocycles. The third kappa shape index (κ3) is 6.99. The van der Waals surface area contributed by atoms with Gasteiger partial charge in [-0.1, -0.05) is 18.7 Å². The second-order valence-electron chi connectivity index (χ2n) is 6.06. The third-order valence-electron chi connectivity index (χ3n) is 4.16. The minimum Gasteiger partial charge on any atom is -0.357 e. The van der Waals surface area contributed by atoms with Gasteiger partial charge in [0.1, 0.15) is 10.2 Å². The van der Waals surface area contributed by atoms with Gasteiger partial charge in [-0.3, -0.25) is 4.99 Å². The molecule has 1 aliphatic heterocycles. The first-order valence-corrected chi connectivity index (χ1v) is 12.1. The summed E-state index contributed by atoms with van der Waals surface area (Å²) in [5.41, 5.74) is 0. The van der Waals surface area contributed by atoms with Gasteiger partial charge >= 0.3 is 0 Å². The Morgan fingerprint density at radius 1 is 1.29 bits per heavy atom. The Hall–Kier alpha value is -0.660. The molecule has 11 heteroatoms. The molecule has 0 bridgehead atoms. The second-order valence-corrected chi connectivity index (χ2v) is 9.02. The van der Waals surface area contributed by atoms with Gasteiger partial charge in [-0.15, -0.1) is 35.3 Å². The molecule has 3 rings (SSSR count). The Kier molecular flexibility index (Phi) is 10.8. The zero-order valence-corrected chi connectivity index (χ0v) is 21.1. The molecule has 1 aliphatic rings. The molecule has 2 aromatic rings. The normalized spacial score (nSPS) is 14.9. The predicted molar refractivity (Wildman–Crippen MR) is 132 cm³/mol. The van der Waals surface area contributed by atoms with Gasteiger partial charge in [0.05, 0.1) is 0 Å². The lowest BCUT2D eigenvalue weighted by Gasteiger charge is -2.36. The number of aromatic nitrogens is 3. The molecule has 2 aromatic heterocycles. The molecule has 1 N–H and O–H groups in total. The van der Waals surface area contributed by atoms with E-state index in [1.54, 1.807) is 11.3 Å². The van der Waals surface area contributed by atoms with Crippen molar-refractivity contribution in [2.45, 2.75) is 31.0 Å². The zero-order valence-electron chi connectivity index (χ0n) is 16.3. The highest BCUT2D eigenvalue weighted by Gasteiger charge is 2.21. The SMILES string of the molecule is CCNC(=NCCCSc1nccs1)N1CCN(c2nc(CC)ns2)CC1.I. The molecule has 3 heterocycles. The quantitative estimate of drug-likeness (QED) is 0.177. The van der Waals surface area contributed by atoms with E-state index in [2.05, 4.69) is 43.3 Å². The predicted octanol–water partition coefficient (Wildman–Crippen LogP) is 3.44. The number of hydrogen-bond donors (Lipinski definition) is 1. The molecular formula is C17H28IN7S3. The van der Waals surface area contributed by atoms with Crippen molar-refractivity contribution in [1.29, 1.82) is 0 Å². The number of aryl methyl sites for hydroxylation is 1. The Bertz CT molecular complexity index is 699. The molecule has 0 aromatic carbocycles. The summed E-state index contributed by atoms with van der Waals surface area (Å²) in [5, 5.41) is 6.51. The molecule has 0 saturated carbocycles. The van der Waals surface area contributed by atoms with Crippen molar-refractivity contribution < 1.29 is 0 Å². The van der Waals surface area contributed by atoms with Crippen LogP contribution in [-0.4, -0.2) is 70.2 Å². The van der Waals surface area contributed by atoms with Gasteiger partial charge < -0.3 is 15.1 Å². The van der Waals surface area contributed by atoms with Crippen LogP contribution >= 0.6 is 58.6 Å². The topological polar surface area (TPSA) is 69.5 Å². The maximum atomic E-state index is 4.83. The average molecular weight is 554 g/mol. The molecule has 0 radical (unpaired) electrons. The number of nitrogens with one attached hydrogen (secondary N) is 1. The van der Waals surface area contributed by atoms with E-state index >= 15 is 0 Å². The smallest absolute Gasteiger partial charge is 0.205 e. The van der Waals surface area contributed by atoms with Crippen LogP contribution in [0.4, 0.5) is 5.13 Å². The lowest BCUT2D eigenvalue weighted by atomic mass is 10.3. The maximum absolute atomic E-state index is 4.83. The van der Waals surface area contributed by atoms with Crippen molar-refractivity contribution in [1.82, 2.24) is 24.6 Å². The minimum atomic E-state index is 0. The Morgan fingerprint density at radius 3 is 2.75 bits per heavy atom. The number of thiazole rings is 1. The fraction of sp³-hybridized carbons (Fsp3) is 0.647. The van der Waals surface area contributed by atoms with Crippen LogP contribution in [0, 0.1) is 0 Å². The molecule has 28 heavy (non-hydrogen) atoms. The third-order valence-corrected chi connectivity index (χ3v) is 7.02. The molecule has 0 spiro atoms. The monoisotopic (exact) mass is 553 g/mol. The summed E-state index contributed by atoms with van der Waals surface area (Å²) in [5.74, 6) is 3.03. The lowest BCUT2D eigenvalue weighted by Crippen LogP contribution is -2.52. The van der Waals surface area contributed by atoms with E-state index in [0.717, 1.165) is 79.1 Å². The number of anilines is 1. The first-order valence-electron chi connectivity index (χ1n) is 9.43. The number of nitrogens with zero attached hydrogens (tertiary/aromatic N) is 6. The Morgan fingerprint density at radius 2 is 2.11 bits per heavy atom. The largest absolute Gasteiger partial charge is 0.357 e. The molecule has 0 atom stereocenters. The van der Waals surface area contributed by atoms with E-state index in [4.69, 9.17) is 4.99 Å². The summed E-state index contributed by atoms with van der Waals surface area (Å²) in [4.78, 5) is 18.4. The van der Waals surface area contributed by atoms with Crippen molar-refractivity contribution in [3.8, 4) is 0 Å². The number of thioether (sulfide) groups is 1. The summed E-state index contributed by atoms with van der Waals surface area (Å²) in [6, 6.07) is 0. The number of guanidine groups is 1. The number of halogens is 1. The molecule has 156 valence electrons. The summed E-state index contributed by atoms with van der Waals surface area (Å²) in [7, 11) is 0. The van der Waals surface area contributed by atoms with E-state index in [1.807, 2.05) is 23.3 Å². The molecule has 0 amide bonds. The molecule has 1 fully saturated rings. The van der Waals surface area contributed by atoms with Crippen LogP contribution in [0.25, 0.3) is 0 Å². The highest BCUT2D eigenvalue weighted by Crippen LogP contribution is 2.21. The van der Waals surface area contributed by atoms with E-state index in [0.29, 0.717) is 0 Å². The van der Waals surface area contributed by atoms with Gasteiger partial charge in [-0.2, -0.15) is 4.37 Å². The van der Waals surface area contributed by atoms with Gasteiger partial charge in [-0.05, 0) is 13.3 Å². The highest BCUT2D eigenvalue weighted by molar-refractivity contribution is 14.0. The molecular weight excluding hydrogens is 525 g/mol. The van der Waals surface area contributed by atoms with Gasteiger partial charge in [0.2, 0.25) is 5.13 Å². The standard InChI is InChI=1S/C17H27N7S3.HI/c1-3-14-21-16(27-22-14)24-10-8-23(9-11-24)15(18-4-2)19-6-5-12-25-17-20-7-13-26-17;/h7,13H,3-6,8-12H2,1-2H3,(H,18,19);1H. The molecule has 7 nitrogen and oxygen atoms in total. The van der Waals surface area contributed by atoms with Gasteiger partial charge in [0.15, 0.2) is 5.96 Å². The summed E-state index contributed by atoms with van der Waals surface area (Å²) >= 11 is 5.03. The minimum absolute atomic E-state index is 0. The summed E-state index contributed by atoms with van der Waals surface area (Å²) in [6.07, 6.45) is 3.82. The van der Waals surface area contributed by atoms with Crippen molar-refractivity contribution >= 4 is 69.7 Å². The van der Waals surface area contributed by atoms with Crippen LogP contribution in [0.15, 0.2) is 20.9 Å². The Balaban J connectivity index is 0.00000280. The van der Waals surface area contributed by atoms with E-state index in [1.165, 1.54) is 11.5 Å². The van der Waals surface area contributed by atoms with Gasteiger partial charge in [-0.25, -0.2) is 9.97 Å². The van der Waals surface area contributed by atoms with Crippen LogP contribution < -0.4 is 10.2 Å². The highest BCUT2D eigenvalue weighted by atomic mass is 127. The average Bonchev–Trinajstić information content (AvgIpc) is 3.39.